The van der Waals surface area contributed by atoms with Gasteiger partial charge in [-0.1, -0.05) is 6.07 Å². The number of thiophene rings is 1. The monoisotopic (exact) mass is 389 g/mol. The first-order valence-corrected chi connectivity index (χ1v) is 9.37. The third-order valence-electron chi connectivity index (χ3n) is 3.85. The largest absolute Gasteiger partial charge is 0.493 e. The average molecular weight is 389 g/mol. The summed E-state index contributed by atoms with van der Waals surface area (Å²) in [5, 5.41) is 3.83. The smallest absolute Gasteiger partial charge is 0.331 e. The molecule has 1 aromatic carbocycles. The highest BCUT2D eigenvalue weighted by molar-refractivity contribution is 7.08. The summed E-state index contributed by atoms with van der Waals surface area (Å²) in [6.45, 7) is 2.46. The van der Waals surface area contributed by atoms with Crippen LogP contribution in [0.25, 0.3) is 6.08 Å². The summed E-state index contributed by atoms with van der Waals surface area (Å²) < 4.78 is 15.5. The molecule has 0 atom stereocenters. The Morgan fingerprint density at radius 3 is 2.56 bits per heavy atom. The van der Waals surface area contributed by atoms with Crippen LogP contribution < -0.4 is 9.47 Å². The number of hydrogen-bond donors (Lipinski definition) is 0. The number of methoxy groups -OCH3 is 2. The van der Waals surface area contributed by atoms with E-state index in [4.69, 9.17) is 14.2 Å². The number of rotatable bonds is 9. The second-order valence-electron chi connectivity index (χ2n) is 5.59. The molecule has 2 rings (SSSR count). The summed E-state index contributed by atoms with van der Waals surface area (Å²) >= 11 is 1.54. The summed E-state index contributed by atoms with van der Waals surface area (Å²) in [5.74, 6) is 0.423. The van der Waals surface area contributed by atoms with Crippen LogP contribution in [0.2, 0.25) is 0 Å². The fourth-order valence-corrected chi connectivity index (χ4v) is 3.01. The molecule has 27 heavy (non-hydrogen) atoms. The Hall–Kier alpha value is -2.80. The van der Waals surface area contributed by atoms with Crippen molar-refractivity contribution in [3.8, 4) is 11.5 Å². The molecule has 0 saturated heterocycles. The zero-order chi connectivity index (χ0) is 19.6. The van der Waals surface area contributed by atoms with Crippen LogP contribution in [0.15, 0.2) is 41.1 Å². The van der Waals surface area contributed by atoms with E-state index in [1.54, 1.807) is 42.6 Å². The first-order valence-electron chi connectivity index (χ1n) is 8.43. The number of amides is 1. The van der Waals surface area contributed by atoms with E-state index in [-0.39, 0.29) is 12.5 Å². The van der Waals surface area contributed by atoms with Gasteiger partial charge >= 0.3 is 5.97 Å². The molecule has 0 fully saturated rings. The van der Waals surface area contributed by atoms with Crippen molar-refractivity contribution in [3.05, 3.63) is 52.2 Å². The molecule has 0 unspecified atom stereocenters. The van der Waals surface area contributed by atoms with E-state index >= 15 is 0 Å². The van der Waals surface area contributed by atoms with Crippen molar-refractivity contribution in [3.63, 3.8) is 0 Å². The van der Waals surface area contributed by atoms with Gasteiger partial charge in [-0.05, 0) is 53.1 Å². The van der Waals surface area contributed by atoms with Gasteiger partial charge in [0, 0.05) is 19.2 Å². The molecule has 7 heteroatoms. The zero-order valence-electron chi connectivity index (χ0n) is 15.6. The Balaban J connectivity index is 1.90. The quantitative estimate of drug-likeness (QED) is 0.486. The van der Waals surface area contributed by atoms with Crippen molar-refractivity contribution in [2.45, 2.75) is 13.5 Å². The maximum atomic E-state index is 12.4. The van der Waals surface area contributed by atoms with Gasteiger partial charge in [-0.2, -0.15) is 11.3 Å². The molecule has 0 spiro atoms. The van der Waals surface area contributed by atoms with Gasteiger partial charge in [-0.3, -0.25) is 4.79 Å². The van der Waals surface area contributed by atoms with Gasteiger partial charge in [0.1, 0.15) is 0 Å². The van der Waals surface area contributed by atoms with Gasteiger partial charge in [-0.25, -0.2) is 4.79 Å². The van der Waals surface area contributed by atoms with E-state index in [9.17, 15) is 9.59 Å². The second kappa shape index (κ2) is 10.4. The molecule has 0 aliphatic heterocycles. The standard InChI is InChI=1S/C20H23NO5S/c1-4-21(12-16-5-7-17(24-2)18(11-16)25-3)19(22)13-26-20(23)8-6-15-9-10-27-14-15/h5-11,14H,4,12-13H2,1-3H3/b8-6+. The number of nitrogens with zero attached hydrogens (tertiary/aromatic N) is 1. The molecule has 6 nitrogen and oxygen atoms in total. The van der Waals surface area contributed by atoms with E-state index in [1.165, 1.54) is 6.08 Å². The summed E-state index contributed by atoms with van der Waals surface area (Å²) in [4.78, 5) is 25.7. The third kappa shape index (κ3) is 6.14. The normalized spacial score (nSPS) is 10.6. The van der Waals surface area contributed by atoms with E-state index < -0.39 is 5.97 Å². The summed E-state index contributed by atoms with van der Waals surface area (Å²) in [6, 6.07) is 7.38. The maximum absolute atomic E-state index is 12.4. The lowest BCUT2D eigenvalue weighted by atomic mass is 10.2. The Morgan fingerprint density at radius 1 is 1.15 bits per heavy atom. The molecule has 0 aliphatic carbocycles. The first-order chi connectivity index (χ1) is 13.1. The van der Waals surface area contributed by atoms with Crippen LogP contribution in [0, 0.1) is 0 Å². The Morgan fingerprint density at radius 2 is 1.93 bits per heavy atom. The van der Waals surface area contributed by atoms with E-state index in [2.05, 4.69) is 0 Å². The van der Waals surface area contributed by atoms with Gasteiger partial charge < -0.3 is 19.1 Å². The minimum Gasteiger partial charge on any atom is -0.493 e. The first kappa shape index (κ1) is 20.5. The lowest BCUT2D eigenvalue weighted by molar-refractivity contribution is -0.148. The number of carbonyl (C=O) groups excluding carboxylic acids is 2. The van der Waals surface area contributed by atoms with Crippen LogP contribution in [0.1, 0.15) is 18.1 Å². The molecule has 0 radical (unpaired) electrons. The van der Waals surface area contributed by atoms with E-state index in [1.807, 2.05) is 35.9 Å². The van der Waals surface area contributed by atoms with Gasteiger partial charge in [0.05, 0.1) is 14.2 Å². The SMILES string of the molecule is CCN(Cc1ccc(OC)c(OC)c1)C(=O)COC(=O)/C=C/c1ccsc1. The fraction of sp³-hybridized carbons (Fsp3) is 0.300. The molecule has 1 aromatic heterocycles. The van der Waals surface area contributed by atoms with Crippen molar-refractivity contribution < 1.29 is 23.8 Å². The molecule has 0 bridgehead atoms. The molecule has 0 N–H and O–H groups in total. The van der Waals surface area contributed by atoms with Gasteiger partial charge in [0.25, 0.3) is 5.91 Å². The van der Waals surface area contributed by atoms with E-state index in [0.29, 0.717) is 24.6 Å². The molecular formula is C20H23NO5S. The number of hydrogen-bond acceptors (Lipinski definition) is 6. The summed E-state index contributed by atoms with van der Waals surface area (Å²) in [6.07, 6.45) is 2.98. The molecular weight excluding hydrogens is 366 g/mol. The zero-order valence-corrected chi connectivity index (χ0v) is 16.5. The molecule has 0 saturated carbocycles. The molecule has 0 aliphatic rings. The minimum absolute atomic E-state index is 0.260. The van der Waals surface area contributed by atoms with Crippen LogP contribution in [0.5, 0.6) is 11.5 Å². The topological polar surface area (TPSA) is 65.1 Å². The average Bonchev–Trinajstić information content (AvgIpc) is 3.22. The minimum atomic E-state index is -0.545. The number of ether oxygens (including phenoxy) is 3. The maximum Gasteiger partial charge on any atom is 0.331 e. The Bertz CT molecular complexity index is 786. The van der Waals surface area contributed by atoms with Gasteiger partial charge in [0.15, 0.2) is 18.1 Å². The summed E-state index contributed by atoms with van der Waals surface area (Å²) in [5.41, 5.74) is 1.82. The fourth-order valence-electron chi connectivity index (χ4n) is 2.38. The van der Waals surface area contributed by atoms with Crippen molar-refractivity contribution in [2.24, 2.45) is 0 Å². The number of likely N-dealkylation sites (N-methyl/N-ethyl adjacent to an activating group) is 1. The lowest BCUT2D eigenvalue weighted by Crippen LogP contribution is -2.34. The molecule has 1 amide bonds. The molecule has 2 aromatic rings. The van der Waals surface area contributed by atoms with E-state index in [0.717, 1.165) is 11.1 Å². The number of carbonyl (C=O) groups is 2. The van der Waals surface area contributed by atoms with Crippen molar-refractivity contribution in [1.82, 2.24) is 4.90 Å². The Labute approximate surface area is 163 Å². The highest BCUT2D eigenvalue weighted by Crippen LogP contribution is 2.28. The third-order valence-corrected chi connectivity index (χ3v) is 4.55. The number of benzene rings is 1. The van der Waals surface area contributed by atoms with Gasteiger partial charge in [0.2, 0.25) is 0 Å². The predicted octanol–water partition coefficient (Wildman–Crippen LogP) is 3.37. The Kier molecular flexibility index (Phi) is 7.88. The van der Waals surface area contributed by atoms with Crippen LogP contribution in [0.4, 0.5) is 0 Å². The van der Waals surface area contributed by atoms with Crippen LogP contribution in [-0.4, -0.2) is 44.1 Å². The highest BCUT2D eigenvalue weighted by Gasteiger charge is 2.15. The van der Waals surface area contributed by atoms with Crippen molar-refractivity contribution in [1.29, 1.82) is 0 Å². The van der Waals surface area contributed by atoms with Crippen molar-refractivity contribution >= 4 is 29.3 Å². The highest BCUT2D eigenvalue weighted by atomic mass is 32.1. The predicted molar refractivity (Wildman–Crippen MR) is 105 cm³/mol. The molecule has 1 heterocycles. The summed E-state index contributed by atoms with van der Waals surface area (Å²) in [7, 11) is 3.13. The number of esters is 1. The second-order valence-corrected chi connectivity index (χ2v) is 6.38. The van der Waals surface area contributed by atoms with Gasteiger partial charge in [-0.15, -0.1) is 0 Å². The van der Waals surface area contributed by atoms with Crippen LogP contribution in [0.3, 0.4) is 0 Å². The molecule has 144 valence electrons. The van der Waals surface area contributed by atoms with Crippen molar-refractivity contribution in [2.75, 3.05) is 27.4 Å². The lowest BCUT2D eigenvalue weighted by Gasteiger charge is -2.21. The van der Waals surface area contributed by atoms with Crippen LogP contribution >= 0.6 is 11.3 Å². The van der Waals surface area contributed by atoms with Crippen LogP contribution in [-0.2, 0) is 20.9 Å².